The molecule has 0 aliphatic rings. The minimum Gasteiger partial charge on any atom is -0.481 e. The summed E-state index contributed by atoms with van der Waals surface area (Å²) in [7, 11) is 0. The van der Waals surface area contributed by atoms with E-state index in [0.717, 1.165) is 0 Å². The standard InChI is InChI=1S/C6H8O7.K/c7-3(8)1-6(13,5(11)12)2-4(9)10;/h13H,1-2H2,(H,7,8)(H,9,10)(H,11,12);. The van der Waals surface area contributed by atoms with E-state index in [-0.39, 0.29) is 51.4 Å². The quantitative estimate of drug-likeness (QED) is 0.417. The van der Waals surface area contributed by atoms with Crippen molar-refractivity contribution in [2.75, 3.05) is 0 Å². The Morgan fingerprint density at radius 1 is 0.929 bits per heavy atom. The van der Waals surface area contributed by atoms with Crippen LogP contribution in [0.2, 0.25) is 0 Å². The van der Waals surface area contributed by atoms with E-state index < -0.39 is 36.4 Å². The average Bonchev–Trinajstić information content (AvgIpc) is 1.82. The molecule has 0 saturated heterocycles. The van der Waals surface area contributed by atoms with Crippen LogP contribution >= 0.6 is 0 Å². The number of aliphatic hydroxyl groups is 1. The summed E-state index contributed by atoms with van der Waals surface area (Å²) >= 11 is 0. The number of carbonyl (C=O) groups is 3. The predicted octanol–water partition coefficient (Wildman–Crippen LogP) is -1.63. The predicted molar refractivity (Wildman–Crippen MR) is 42.8 cm³/mol. The van der Waals surface area contributed by atoms with Gasteiger partial charge < -0.3 is 20.4 Å². The molecule has 0 rings (SSSR count). The van der Waals surface area contributed by atoms with E-state index in [1.165, 1.54) is 0 Å². The van der Waals surface area contributed by atoms with Gasteiger partial charge in [-0.1, -0.05) is 0 Å². The summed E-state index contributed by atoms with van der Waals surface area (Å²) in [6, 6.07) is 0. The zero-order valence-corrected chi connectivity index (χ0v) is 10.6. The zero-order chi connectivity index (χ0) is 10.6. The number of carboxylic acids is 3. The second kappa shape index (κ2) is 6.48. The van der Waals surface area contributed by atoms with Gasteiger partial charge in [-0.3, -0.25) is 9.59 Å². The van der Waals surface area contributed by atoms with Crippen molar-refractivity contribution in [1.82, 2.24) is 0 Å². The fourth-order valence-corrected chi connectivity index (χ4v) is 0.714. The Hall–Kier alpha value is 0.00636. The molecule has 0 aliphatic carbocycles. The third-order valence-electron chi connectivity index (χ3n) is 1.29. The molecule has 0 amide bonds. The van der Waals surface area contributed by atoms with Gasteiger partial charge in [0, 0.05) is 51.4 Å². The molecule has 75 valence electrons. The van der Waals surface area contributed by atoms with E-state index in [1.807, 2.05) is 0 Å². The molecule has 0 saturated carbocycles. The Morgan fingerprint density at radius 3 is 1.36 bits per heavy atom. The topological polar surface area (TPSA) is 132 Å². The summed E-state index contributed by atoms with van der Waals surface area (Å²) in [5.41, 5.74) is -2.74. The summed E-state index contributed by atoms with van der Waals surface area (Å²) in [4.78, 5) is 30.5. The smallest absolute Gasteiger partial charge is 0.336 e. The van der Waals surface area contributed by atoms with E-state index >= 15 is 0 Å². The molecule has 0 aromatic heterocycles. The Bertz CT molecular complexity index is 233. The Kier molecular flexibility index (Phi) is 7.61. The van der Waals surface area contributed by atoms with E-state index in [1.54, 1.807) is 0 Å². The van der Waals surface area contributed by atoms with Gasteiger partial charge in [-0.2, -0.15) is 0 Å². The average molecular weight is 231 g/mol. The molecular weight excluding hydrogens is 223 g/mol. The van der Waals surface area contributed by atoms with E-state index in [2.05, 4.69) is 0 Å². The molecule has 0 aliphatic heterocycles. The summed E-state index contributed by atoms with van der Waals surface area (Å²) in [6.45, 7) is 0. The summed E-state index contributed by atoms with van der Waals surface area (Å²) in [5, 5.41) is 33.8. The van der Waals surface area contributed by atoms with E-state index in [4.69, 9.17) is 20.4 Å². The van der Waals surface area contributed by atoms with Crippen molar-refractivity contribution in [2.24, 2.45) is 0 Å². The van der Waals surface area contributed by atoms with Gasteiger partial charge in [0.2, 0.25) is 0 Å². The first-order valence-corrected chi connectivity index (χ1v) is 3.17. The van der Waals surface area contributed by atoms with E-state index in [0.29, 0.717) is 0 Å². The molecule has 0 aromatic carbocycles. The minimum atomic E-state index is -2.74. The third-order valence-corrected chi connectivity index (χ3v) is 1.29. The molecule has 0 spiro atoms. The van der Waals surface area contributed by atoms with Crippen molar-refractivity contribution < 1.29 is 34.8 Å². The van der Waals surface area contributed by atoms with Crippen LogP contribution in [0.5, 0.6) is 0 Å². The van der Waals surface area contributed by atoms with Crippen molar-refractivity contribution in [3.8, 4) is 0 Å². The molecule has 0 heterocycles. The van der Waals surface area contributed by atoms with Gasteiger partial charge in [-0.25, -0.2) is 4.79 Å². The molecule has 7 nitrogen and oxygen atoms in total. The second-order valence-electron chi connectivity index (χ2n) is 2.48. The molecule has 0 unspecified atom stereocenters. The van der Waals surface area contributed by atoms with Crippen LogP contribution in [0.15, 0.2) is 0 Å². The normalized spacial score (nSPS) is 10.1. The van der Waals surface area contributed by atoms with Gasteiger partial charge in [-0.05, 0) is 0 Å². The number of hydrogen-bond donors (Lipinski definition) is 4. The van der Waals surface area contributed by atoms with Crippen LogP contribution in [-0.4, -0.2) is 95.3 Å². The molecule has 0 atom stereocenters. The van der Waals surface area contributed by atoms with E-state index in [9.17, 15) is 14.4 Å². The number of aliphatic carboxylic acids is 3. The van der Waals surface area contributed by atoms with Crippen LogP contribution in [-0.2, 0) is 14.4 Å². The van der Waals surface area contributed by atoms with Gasteiger partial charge >= 0.3 is 17.9 Å². The molecule has 0 bridgehead atoms. The maximum Gasteiger partial charge on any atom is 0.336 e. The maximum absolute atomic E-state index is 10.3. The third kappa shape index (κ3) is 5.68. The van der Waals surface area contributed by atoms with Gasteiger partial charge in [0.15, 0.2) is 5.60 Å². The number of carboxylic acid groups (broad SMARTS) is 3. The first-order valence-electron chi connectivity index (χ1n) is 3.17. The van der Waals surface area contributed by atoms with Crippen molar-refractivity contribution in [1.29, 1.82) is 0 Å². The van der Waals surface area contributed by atoms with Crippen LogP contribution < -0.4 is 0 Å². The minimum absolute atomic E-state index is 0. The van der Waals surface area contributed by atoms with Gasteiger partial charge in [-0.15, -0.1) is 0 Å². The van der Waals surface area contributed by atoms with Crippen LogP contribution in [0.25, 0.3) is 0 Å². The van der Waals surface area contributed by atoms with Crippen molar-refractivity contribution in [3.05, 3.63) is 0 Å². The summed E-state index contributed by atoms with van der Waals surface area (Å²) in [5.74, 6) is -5.02. The van der Waals surface area contributed by atoms with Crippen molar-refractivity contribution in [2.45, 2.75) is 18.4 Å². The van der Waals surface area contributed by atoms with Gasteiger partial charge in [0.05, 0.1) is 12.8 Å². The Balaban J connectivity index is 0. The summed E-state index contributed by atoms with van der Waals surface area (Å²) in [6.07, 6.45) is -2.29. The number of rotatable bonds is 5. The monoisotopic (exact) mass is 231 g/mol. The van der Waals surface area contributed by atoms with Crippen LogP contribution in [0.3, 0.4) is 0 Å². The fourth-order valence-electron chi connectivity index (χ4n) is 0.714. The van der Waals surface area contributed by atoms with Gasteiger partial charge in [0.1, 0.15) is 0 Å². The summed E-state index contributed by atoms with van der Waals surface area (Å²) < 4.78 is 0. The van der Waals surface area contributed by atoms with Crippen LogP contribution in [0.1, 0.15) is 12.8 Å². The molecule has 4 N–H and O–H groups in total. The van der Waals surface area contributed by atoms with Crippen LogP contribution in [0.4, 0.5) is 0 Å². The maximum atomic E-state index is 10.3. The zero-order valence-electron chi connectivity index (χ0n) is 7.43. The first kappa shape index (κ1) is 16.4. The molecule has 1 radical (unpaired) electrons. The molecule has 0 aromatic rings. The van der Waals surface area contributed by atoms with Crippen molar-refractivity contribution >= 4 is 69.3 Å². The molecule has 14 heavy (non-hydrogen) atoms. The molecular formula is C6H8KO7. The fraction of sp³-hybridized carbons (Fsp3) is 0.500. The Morgan fingerprint density at radius 2 is 1.21 bits per heavy atom. The SMILES string of the molecule is O=C(O)CC(O)(CC(=O)O)C(=O)O.[K]. The van der Waals surface area contributed by atoms with Gasteiger partial charge in [0.25, 0.3) is 0 Å². The first-order chi connectivity index (χ1) is 5.78. The second-order valence-corrected chi connectivity index (χ2v) is 2.48. The largest absolute Gasteiger partial charge is 0.481 e. The van der Waals surface area contributed by atoms with Crippen molar-refractivity contribution in [3.63, 3.8) is 0 Å². The molecule has 0 fully saturated rings. The Labute approximate surface area is 121 Å². The number of hydrogen-bond acceptors (Lipinski definition) is 4. The molecule has 8 heteroatoms. The van der Waals surface area contributed by atoms with Crippen LogP contribution in [0, 0.1) is 0 Å².